The molecule has 0 unspecified atom stereocenters. The van der Waals surface area contributed by atoms with Crippen molar-refractivity contribution in [2.75, 3.05) is 11.9 Å². The van der Waals surface area contributed by atoms with E-state index in [1.807, 2.05) is 19.1 Å². The van der Waals surface area contributed by atoms with E-state index in [2.05, 4.69) is 10.3 Å². The van der Waals surface area contributed by atoms with E-state index in [-0.39, 0.29) is 11.3 Å². The maximum Gasteiger partial charge on any atom is 0.259 e. The highest BCUT2D eigenvalue weighted by Crippen LogP contribution is 2.33. The average molecular weight is 376 g/mol. The number of rotatable bonds is 3. The van der Waals surface area contributed by atoms with Gasteiger partial charge in [0, 0.05) is 18.2 Å². The second-order valence-electron chi connectivity index (χ2n) is 6.55. The van der Waals surface area contributed by atoms with Crippen molar-refractivity contribution in [2.45, 2.75) is 13.3 Å². The third-order valence-corrected chi connectivity index (χ3v) is 4.65. The Labute approximate surface area is 161 Å². The Bertz CT molecular complexity index is 1080. The van der Waals surface area contributed by atoms with E-state index in [1.165, 1.54) is 18.2 Å². The maximum absolute atomic E-state index is 13.7. The number of ketones is 1. The minimum atomic E-state index is -0.590. The van der Waals surface area contributed by atoms with E-state index in [0.717, 1.165) is 16.7 Å². The number of Topliss-reactive ketones (excluding diaryl/α,β-unsaturated/α-hetero) is 1. The number of carbonyl (C=O) groups excluding carboxylic acids is 2. The van der Waals surface area contributed by atoms with Crippen LogP contribution in [0.3, 0.4) is 0 Å². The molecule has 0 fully saturated rings. The van der Waals surface area contributed by atoms with Crippen LogP contribution in [0.15, 0.2) is 54.7 Å². The van der Waals surface area contributed by atoms with Crippen LogP contribution >= 0.6 is 0 Å². The van der Waals surface area contributed by atoms with Crippen LogP contribution in [0.5, 0.6) is 5.75 Å². The normalized spacial score (nSPS) is 12.9. The Balaban J connectivity index is 1.59. The van der Waals surface area contributed by atoms with Crippen molar-refractivity contribution in [1.29, 1.82) is 0 Å². The van der Waals surface area contributed by atoms with Crippen molar-refractivity contribution < 1.29 is 18.7 Å². The fourth-order valence-electron chi connectivity index (χ4n) is 3.17. The zero-order valence-corrected chi connectivity index (χ0v) is 15.2. The molecule has 0 spiro atoms. The van der Waals surface area contributed by atoms with E-state index in [9.17, 15) is 14.0 Å². The molecule has 4 rings (SSSR count). The fraction of sp³-hybridized carbons (Fsp3) is 0.136. The molecule has 1 amide bonds. The molecule has 2 aromatic carbocycles. The number of halogens is 1. The number of nitrogens with zero attached hydrogens (tertiary/aromatic N) is 1. The lowest BCUT2D eigenvalue weighted by atomic mass is 9.95. The third kappa shape index (κ3) is 3.36. The summed E-state index contributed by atoms with van der Waals surface area (Å²) < 4.78 is 19.3. The molecule has 0 radical (unpaired) electrons. The van der Waals surface area contributed by atoms with Crippen LogP contribution in [0.2, 0.25) is 0 Å². The van der Waals surface area contributed by atoms with Crippen LogP contribution in [0.25, 0.3) is 11.1 Å². The van der Waals surface area contributed by atoms with Gasteiger partial charge in [-0.3, -0.25) is 9.59 Å². The molecule has 1 aromatic heterocycles. The molecule has 0 bridgehead atoms. The molecule has 0 saturated heterocycles. The van der Waals surface area contributed by atoms with Gasteiger partial charge in [-0.05, 0) is 54.4 Å². The molecule has 1 aliphatic rings. The molecule has 2 heterocycles. The predicted octanol–water partition coefficient (Wildman–Crippen LogP) is 4.41. The standard InChI is InChI=1S/C22H17FN2O3/c1-13-10-20-17(19(26)8-9-28-20)11-16(13)14-6-7-21(24-12-14)25-22(27)15-4-2-3-5-18(15)23/h2-7,10-12H,8-9H2,1H3,(H,24,25,27). The van der Waals surface area contributed by atoms with E-state index in [0.29, 0.717) is 30.2 Å². The number of aryl methyl sites for hydroxylation is 1. The van der Waals surface area contributed by atoms with Crippen LogP contribution in [0.1, 0.15) is 32.7 Å². The summed E-state index contributed by atoms with van der Waals surface area (Å²) in [5.41, 5.74) is 3.17. The number of anilines is 1. The van der Waals surface area contributed by atoms with Gasteiger partial charge in [0.15, 0.2) is 5.78 Å². The first-order chi connectivity index (χ1) is 13.5. The van der Waals surface area contributed by atoms with Gasteiger partial charge in [0.2, 0.25) is 0 Å². The number of pyridine rings is 1. The number of aromatic nitrogens is 1. The SMILES string of the molecule is Cc1cc2c(cc1-c1ccc(NC(=O)c3ccccc3F)nc1)C(=O)CCO2. The first-order valence-electron chi connectivity index (χ1n) is 8.86. The Kier molecular flexibility index (Phi) is 4.61. The summed E-state index contributed by atoms with van der Waals surface area (Å²) in [6.45, 7) is 2.34. The van der Waals surface area contributed by atoms with Crippen molar-refractivity contribution in [3.05, 3.63) is 77.2 Å². The molecule has 0 aliphatic carbocycles. The van der Waals surface area contributed by atoms with Crippen molar-refractivity contribution in [2.24, 2.45) is 0 Å². The largest absolute Gasteiger partial charge is 0.492 e. The Morgan fingerprint density at radius 2 is 1.96 bits per heavy atom. The van der Waals surface area contributed by atoms with Crippen molar-refractivity contribution in [1.82, 2.24) is 4.98 Å². The maximum atomic E-state index is 13.7. The number of fused-ring (bicyclic) bond motifs is 1. The number of amides is 1. The van der Waals surface area contributed by atoms with Gasteiger partial charge in [-0.25, -0.2) is 9.37 Å². The summed E-state index contributed by atoms with van der Waals surface area (Å²) in [5, 5.41) is 2.59. The predicted molar refractivity (Wildman–Crippen MR) is 103 cm³/mol. The van der Waals surface area contributed by atoms with E-state index in [4.69, 9.17) is 4.74 Å². The van der Waals surface area contributed by atoms with Gasteiger partial charge in [-0.15, -0.1) is 0 Å². The second-order valence-corrected chi connectivity index (χ2v) is 6.55. The van der Waals surface area contributed by atoms with Gasteiger partial charge in [-0.2, -0.15) is 0 Å². The summed E-state index contributed by atoms with van der Waals surface area (Å²) in [7, 11) is 0. The number of hydrogen-bond acceptors (Lipinski definition) is 4. The monoisotopic (exact) mass is 376 g/mol. The van der Waals surface area contributed by atoms with Gasteiger partial charge in [-0.1, -0.05) is 12.1 Å². The van der Waals surface area contributed by atoms with Crippen LogP contribution in [0.4, 0.5) is 10.2 Å². The third-order valence-electron chi connectivity index (χ3n) is 4.65. The quantitative estimate of drug-likeness (QED) is 0.735. The fourth-order valence-corrected chi connectivity index (χ4v) is 3.17. The average Bonchev–Trinajstić information content (AvgIpc) is 2.69. The molecule has 3 aromatic rings. The first kappa shape index (κ1) is 17.9. The second kappa shape index (κ2) is 7.23. The minimum Gasteiger partial charge on any atom is -0.492 e. The van der Waals surface area contributed by atoms with Gasteiger partial charge in [0.05, 0.1) is 17.7 Å². The van der Waals surface area contributed by atoms with E-state index >= 15 is 0 Å². The Morgan fingerprint density at radius 3 is 2.71 bits per heavy atom. The molecule has 5 nitrogen and oxygen atoms in total. The number of benzene rings is 2. The van der Waals surface area contributed by atoms with E-state index < -0.39 is 11.7 Å². The molecular weight excluding hydrogens is 359 g/mol. The van der Waals surface area contributed by atoms with Gasteiger partial charge >= 0.3 is 0 Å². The highest BCUT2D eigenvalue weighted by molar-refractivity contribution is 6.04. The van der Waals surface area contributed by atoms with Crippen LogP contribution < -0.4 is 10.1 Å². The molecule has 1 N–H and O–H groups in total. The lowest BCUT2D eigenvalue weighted by molar-refractivity contribution is 0.0932. The lowest BCUT2D eigenvalue weighted by Crippen LogP contribution is -2.15. The van der Waals surface area contributed by atoms with Crippen molar-refractivity contribution >= 4 is 17.5 Å². The zero-order valence-electron chi connectivity index (χ0n) is 15.2. The minimum absolute atomic E-state index is 0.0441. The summed E-state index contributed by atoms with van der Waals surface area (Å²) >= 11 is 0. The lowest BCUT2D eigenvalue weighted by Gasteiger charge is -2.19. The smallest absolute Gasteiger partial charge is 0.259 e. The van der Waals surface area contributed by atoms with Crippen LogP contribution in [-0.2, 0) is 0 Å². The molecule has 0 atom stereocenters. The summed E-state index contributed by atoms with van der Waals surface area (Å²) in [6.07, 6.45) is 1.98. The van der Waals surface area contributed by atoms with E-state index in [1.54, 1.807) is 24.4 Å². The molecule has 28 heavy (non-hydrogen) atoms. The number of carbonyl (C=O) groups is 2. The number of ether oxygens (including phenoxy) is 1. The van der Waals surface area contributed by atoms with Gasteiger partial charge in [0.25, 0.3) is 5.91 Å². The summed E-state index contributed by atoms with van der Waals surface area (Å²) in [5.74, 6) is -0.172. The zero-order chi connectivity index (χ0) is 19.7. The number of hydrogen-bond donors (Lipinski definition) is 1. The molecule has 1 aliphatic heterocycles. The summed E-state index contributed by atoms with van der Waals surface area (Å²) in [4.78, 5) is 28.6. The molecule has 0 saturated carbocycles. The Hall–Kier alpha value is -3.54. The Morgan fingerprint density at radius 1 is 1.14 bits per heavy atom. The number of nitrogens with one attached hydrogen (secondary N) is 1. The van der Waals surface area contributed by atoms with Gasteiger partial charge < -0.3 is 10.1 Å². The summed E-state index contributed by atoms with van der Waals surface area (Å²) in [6, 6.07) is 12.9. The highest BCUT2D eigenvalue weighted by Gasteiger charge is 2.20. The topological polar surface area (TPSA) is 68.3 Å². The molecule has 6 heteroatoms. The molecule has 140 valence electrons. The first-order valence-corrected chi connectivity index (χ1v) is 8.86. The van der Waals surface area contributed by atoms with Crippen molar-refractivity contribution in [3.8, 4) is 16.9 Å². The van der Waals surface area contributed by atoms with Crippen molar-refractivity contribution in [3.63, 3.8) is 0 Å². The highest BCUT2D eigenvalue weighted by atomic mass is 19.1. The van der Waals surface area contributed by atoms with Gasteiger partial charge in [0.1, 0.15) is 17.4 Å². The van der Waals surface area contributed by atoms with Crippen LogP contribution in [-0.4, -0.2) is 23.3 Å². The van der Waals surface area contributed by atoms with Crippen LogP contribution in [0, 0.1) is 12.7 Å². The molecular formula is C22H17FN2O3.